The molecule has 0 aliphatic carbocycles. The van der Waals surface area contributed by atoms with Crippen LogP contribution in [-0.2, 0) is 8.85 Å². The van der Waals surface area contributed by atoms with Gasteiger partial charge in [0.05, 0.1) is 0 Å². The van der Waals surface area contributed by atoms with Gasteiger partial charge in [-0.1, -0.05) is 97.3 Å². The highest BCUT2D eigenvalue weighted by molar-refractivity contribution is 6.64. The molecule has 152 valence electrons. The zero-order valence-corrected chi connectivity index (χ0v) is 19.2. The lowest BCUT2D eigenvalue weighted by atomic mass is 10.0. The molecule has 2 nitrogen and oxygen atoms in total. The molecule has 0 radical (unpaired) electrons. The summed E-state index contributed by atoms with van der Waals surface area (Å²) in [4.78, 5) is 0. The van der Waals surface area contributed by atoms with Crippen molar-refractivity contribution in [1.29, 1.82) is 0 Å². The van der Waals surface area contributed by atoms with Crippen molar-refractivity contribution in [3.05, 3.63) is 0 Å². The van der Waals surface area contributed by atoms with Crippen molar-refractivity contribution in [2.45, 2.75) is 136 Å². The topological polar surface area (TPSA) is 18.5 Å². The molecule has 0 saturated heterocycles. The second-order valence-corrected chi connectivity index (χ2v) is 11.5. The Balaban J connectivity index is 3.30. The van der Waals surface area contributed by atoms with Crippen LogP contribution in [0.1, 0.15) is 117 Å². The van der Waals surface area contributed by atoms with Gasteiger partial charge in [-0.15, -0.1) is 0 Å². The van der Waals surface area contributed by atoms with E-state index in [1.54, 1.807) is 0 Å². The van der Waals surface area contributed by atoms with E-state index in [0.717, 1.165) is 13.0 Å². The third-order valence-corrected chi connectivity index (χ3v) is 6.75. The summed E-state index contributed by atoms with van der Waals surface area (Å²) in [6.07, 6.45) is 20.8. The highest BCUT2D eigenvalue weighted by Crippen LogP contribution is 2.15. The van der Waals surface area contributed by atoms with Gasteiger partial charge in [-0.05, 0) is 32.9 Å². The van der Waals surface area contributed by atoms with Gasteiger partial charge in [0.25, 0.3) is 0 Å². The standard InChI is InChI=1S/C22H48O2Si/c1-6-8-9-10-11-12-13-14-15-16-17-18-19-21-23-25(4,5)24-22(3)20-7-2/h22H,6-21H2,1-5H3. The summed E-state index contributed by atoms with van der Waals surface area (Å²) in [5.41, 5.74) is 0. The summed E-state index contributed by atoms with van der Waals surface area (Å²) in [7, 11) is -1.91. The van der Waals surface area contributed by atoms with E-state index in [1.807, 2.05) is 0 Å². The normalized spacial score (nSPS) is 13.3. The Bertz CT molecular complexity index is 269. The summed E-state index contributed by atoms with van der Waals surface area (Å²) in [6, 6.07) is 0. The monoisotopic (exact) mass is 372 g/mol. The van der Waals surface area contributed by atoms with E-state index in [-0.39, 0.29) is 0 Å². The van der Waals surface area contributed by atoms with Crippen molar-refractivity contribution < 1.29 is 8.85 Å². The molecule has 0 aliphatic heterocycles. The summed E-state index contributed by atoms with van der Waals surface area (Å²) >= 11 is 0. The molecule has 0 heterocycles. The van der Waals surface area contributed by atoms with Crippen molar-refractivity contribution in [3.63, 3.8) is 0 Å². The van der Waals surface area contributed by atoms with Gasteiger partial charge >= 0.3 is 8.56 Å². The van der Waals surface area contributed by atoms with Crippen LogP contribution in [-0.4, -0.2) is 21.3 Å². The fourth-order valence-corrected chi connectivity index (χ4v) is 5.21. The van der Waals surface area contributed by atoms with E-state index in [0.29, 0.717) is 6.10 Å². The Morgan fingerprint density at radius 3 is 1.52 bits per heavy atom. The van der Waals surface area contributed by atoms with Crippen LogP contribution >= 0.6 is 0 Å². The number of hydrogen-bond acceptors (Lipinski definition) is 2. The minimum atomic E-state index is -1.91. The molecule has 1 unspecified atom stereocenters. The lowest BCUT2D eigenvalue weighted by molar-refractivity contribution is 0.123. The summed E-state index contributed by atoms with van der Waals surface area (Å²) in [6.45, 7) is 11.9. The molecule has 0 rings (SSSR count). The highest BCUT2D eigenvalue weighted by Gasteiger charge is 2.26. The molecule has 25 heavy (non-hydrogen) atoms. The van der Waals surface area contributed by atoms with Crippen LogP contribution in [0.4, 0.5) is 0 Å². The Morgan fingerprint density at radius 1 is 0.640 bits per heavy atom. The number of unbranched alkanes of at least 4 members (excludes halogenated alkanes) is 12. The maximum atomic E-state index is 6.11. The molecule has 0 aromatic heterocycles. The molecular formula is C22H48O2Si. The average molecular weight is 373 g/mol. The Hall–Kier alpha value is 0.137. The van der Waals surface area contributed by atoms with Crippen molar-refractivity contribution >= 4 is 8.56 Å². The fourth-order valence-electron chi connectivity index (χ4n) is 3.42. The van der Waals surface area contributed by atoms with Gasteiger partial charge in [0.15, 0.2) is 0 Å². The first-order valence-corrected chi connectivity index (χ1v) is 14.1. The second-order valence-electron chi connectivity index (χ2n) is 8.21. The fraction of sp³-hybridized carbons (Fsp3) is 1.00. The molecule has 0 fully saturated rings. The minimum absolute atomic E-state index is 0.346. The van der Waals surface area contributed by atoms with E-state index >= 15 is 0 Å². The second kappa shape index (κ2) is 17.5. The van der Waals surface area contributed by atoms with Gasteiger partial charge in [-0.25, -0.2) is 0 Å². The smallest absolute Gasteiger partial charge is 0.331 e. The quantitative estimate of drug-likeness (QED) is 0.169. The molecule has 0 bridgehead atoms. The largest absolute Gasteiger partial charge is 0.395 e. The SMILES string of the molecule is CCCCCCCCCCCCCCCO[Si](C)(C)OC(C)CCC. The van der Waals surface area contributed by atoms with E-state index in [4.69, 9.17) is 8.85 Å². The first-order valence-electron chi connectivity index (χ1n) is 11.3. The van der Waals surface area contributed by atoms with E-state index in [1.165, 1.54) is 89.9 Å². The van der Waals surface area contributed by atoms with Crippen LogP contribution in [0.2, 0.25) is 13.1 Å². The molecule has 0 aliphatic rings. The van der Waals surface area contributed by atoms with Gasteiger partial charge in [0.1, 0.15) is 0 Å². The minimum Gasteiger partial charge on any atom is -0.395 e. The molecule has 3 heteroatoms. The van der Waals surface area contributed by atoms with Gasteiger partial charge in [0.2, 0.25) is 0 Å². The van der Waals surface area contributed by atoms with E-state index in [2.05, 4.69) is 33.9 Å². The van der Waals surface area contributed by atoms with Crippen molar-refractivity contribution in [2.75, 3.05) is 6.61 Å². The molecule has 0 spiro atoms. The van der Waals surface area contributed by atoms with Crippen LogP contribution in [0.5, 0.6) is 0 Å². The van der Waals surface area contributed by atoms with Gasteiger partial charge < -0.3 is 8.85 Å². The van der Waals surface area contributed by atoms with Crippen molar-refractivity contribution in [2.24, 2.45) is 0 Å². The van der Waals surface area contributed by atoms with Crippen molar-refractivity contribution in [3.8, 4) is 0 Å². The Morgan fingerprint density at radius 2 is 1.08 bits per heavy atom. The molecular weight excluding hydrogens is 324 g/mol. The van der Waals surface area contributed by atoms with Gasteiger partial charge in [0, 0.05) is 12.7 Å². The molecule has 0 amide bonds. The number of rotatable bonds is 19. The molecule has 1 atom stereocenters. The molecule has 0 saturated carbocycles. The van der Waals surface area contributed by atoms with Crippen LogP contribution in [0, 0.1) is 0 Å². The van der Waals surface area contributed by atoms with Crippen molar-refractivity contribution in [1.82, 2.24) is 0 Å². The maximum absolute atomic E-state index is 6.11. The molecule has 0 aromatic carbocycles. The number of hydrogen-bond donors (Lipinski definition) is 0. The van der Waals surface area contributed by atoms with E-state index < -0.39 is 8.56 Å². The predicted octanol–water partition coefficient (Wildman–Crippen LogP) is 8.00. The van der Waals surface area contributed by atoms with Crippen LogP contribution in [0.3, 0.4) is 0 Å². The van der Waals surface area contributed by atoms with Crippen LogP contribution < -0.4 is 0 Å². The first-order chi connectivity index (χ1) is 12.0. The summed E-state index contributed by atoms with van der Waals surface area (Å²) < 4.78 is 12.2. The Kier molecular flexibility index (Phi) is 17.6. The first kappa shape index (κ1) is 25.1. The van der Waals surface area contributed by atoms with E-state index in [9.17, 15) is 0 Å². The van der Waals surface area contributed by atoms with Gasteiger partial charge in [-0.3, -0.25) is 0 Å². The average Bonchev–Trinajstić information content (AvgIpc) is 2.54. The summed E-state index contributed by atoms with van der Waals surface area (Å²) in [5, 5.41) is 0. The highest BCUT2D eigenvalue weighted by atomic mass is 28.4. The maximum Gasteiger partial charge on any atom is 0.331 e. The molecule has 0 aromatic rings. The summed E-state index contributed by atoms with van der Waals surface area (Å²) in [5.74, 6) is 0. The third kappa shape index (κ3) is 18.7. The predicted molar refractivity (Wildman–Crippen MR) is 115 cm³/mol. The lowest BCUT2D eigenvalue weighted by Crippen LogP contribution is -2.38. The van der Waals surface area contributed by atoms with Gasteiger partial charge in [-0.2, -0.15) is 0 Å². The zero-order valence-electron chi connectivity index (χ0n) is 18.2. The van der Waals surface area contributed by atoms with Crippen LogP contribution in [0.25, 0.3) is 0 Å². The van der Waals surface area contributed by atoms with Crippen LogP contribution in [0.15, 0.2) is 0 Å². The third-order valence-electron chi connectivity index (χ3n) is 4.88. The molecule has 0 N–H and O–H groups in total. The Labute approximate surface area is 160 Å². The zero-order chi connectivity index (χ0) is 18.8. The lowest BCUT2D eigenvalue weighted by Gasteiger charge is -2.26.